The first-order valence-corrected chi connectivity index (χ1v) is 4.29. The topological polar surface area (TPSA) is 38.7 Å². The molecule has 0 aliphatic heterocycles. The van der Waals surface area contributed by atoms with Crippen LogP contribution in [0.1, 0.15) is 11.3 Å². The molecular formula is C11H9N3. The molecule has 0 saturated heterocycles. The van der Waals surface area contributed by atoms with Crippen molar-refractivity contribution in [2.45, 2.75) is 0 Å². The van der Waals surface area contributed by atoms with E-state index in [-0.39, 0.29) is 0 Å². The Bertz CT molecular complexity index is 368. The van der Waals surface area contributed by atoms with E-state index in [0.29, 0.717) is 0 Å². The van der Waals surface area contributed by atoms with Gasteiger partial charge in [0.2, 0.25) is 0 Å². The van der Waals surface area contributed by atoms with Crippen molar-refractivity contribution in [3.63, 3.8) is 0 Å². The summed E-state index contributed by atoms with van der Waals surface area (Å²) in [5, 5.41) is 0. The fraction of sp³-hybridized carbons (Fsp3) is 0. The monoisotopic (exact) mass is 183 g/mol. The van der Waals surface area contributed by atoms with Crippen LogP contribution in [0.15, 0.2) is 43.1 Å². The minimum absolute atomic E-state index is 0.844. The second-order valence-electron chi connectivity index (χ2n) is 2.75. The van der Waals surface area contributed by atoms with Crippen LogP contribution in [0.5, 0.6) is 0 Å². The average molecular weight is 183 g/mol. The molecular weight excluding hydrogens is 174 g/mol. The minimum atomic E-state index is 0.844. The van der Waals surface area contributed by atoms with Crippen LogP contribution in [0.25, 0.3) is 12.2 Å². The van der Waals surface area contributed by atoms with E-state index in [4.69, 9.17) is 0 Å². The molecule has 0 saturated carbocycles. The fourth-order valence-corrected chi connectivity index (χ4v) is 1.05. The van der Waals surface area contributed by atoms with Crippen LogP contribution >= 0.6 is 0 Å². The van der Waals surface area contributed by atoms with E-state index in [1.165, 1.54) is 0 Å². The molecule has 0 aliphatic carbocycles. The molecule has 0 amide bonds. The van der Waals surface area contributed by atoms with Gasteiger partial charge in [-0.15, -0.1) is 0 Å². The second kappa shape index (κ2) is 4.28. The first-order chi connectivity index (χ1) is 6.95. The second-order valence-corrected chi connectivity index (χ2v) is 2.75. The van der Waals surface area contributed by atoms with Gasteiger partial charge in [-0.2, -0.15) is 0 Å². The highest BCUT2D eigenvalue weighted by Gasteiger charge is 1.86. The lowest BCUT2D eigenvalue weighted by Gasteiger charge is -1.91. The number of rotatable bonds is 2. The lowest BCUT2D eigenvalue weighted by atomic mass is 10.2. The summed E-state index contributed by atoms with van der Waals surface area (Å²) in [6.45, 7) is 0. The van der Waals surface area contributed by atoms with Gasteiger partial charge < -0.3 is 0 Å². The maximum absolute atomic E-state index is 4.12. The van der Waals surface area contributed by atoms with Gasteiger partial charge in [0.25, 0.3) is 0 Å². The predicted molar refractivity (Wildman–Crippen MR) is 55.2 cm³/mol. The Morgan fingerprint density at radius 3 is 2.57 bits per heavy atom. The minimum Gasteiger partial charge on any atom is -0.264 e. The molecule has 3 heteroatoms. The van der Waals surface area contributed by atoms with Gasteiger partial charge in [-0.25, -0.2) is 0 Å². The molecule has 2 rings (SSSR count). The van der Waals surface area contributed by atoms with E-state index in [9.17, 15) is 0 Å². The Balaban J connectivity index is 2.16. The van der Waals surface area contributed by atoms with Crippen molar-refractivity contribution in [1.29, 1.82) is 0 Å². The molecule has 0 fully saturated rings. The SMILES string of the molecule is C(=Cc1cnccn1)c1cccnc1. The highest BCUT2D eigenvalue weighted by atomic mass is 14.8. The molecule has 2 aromatic heterocycles. The van der Waals surface area contributed by atoms with Gasteiger partial charge >= 0.3 is 0 Å². The normalized spacial score (nSPS) is 10.6. The first-order valence-electron chi connectivity index (χ1n) is 4.29. The molecule has 2 heterocycles. The van der Waals surface area contributed by atoms with Crippen molar-refractivity contribution in [2.24, 2.45) is 0 Å². The van der Waals surface area contributed by atoms with Gasteiger partial charge in [-0.1, -0.05) is 12.1 Å². The molecule has 0 unspecified atom stereocenters. The van der Waals surface area contributed by atoms with E-state index in [2.05, 4.69) is 15.0 Å². The Labute approximate surface area is 82.2 Å². The largest absolute Gasteiger partial charge is 0.264 e. The summed E-state index contributed by atoms with van der Waals surface area (Å²) < 4.78 is 0. The van der Waals surface area contributed by atoms with Crippen LogP contribution < -0.4 is 0 Å². The Hall–Kier alpha value is -2.03. The van der Waals surface area contributed by atoms with Gasteiger partial charge in [0.05, 0.1) is 11.9 Å². The third-order valence-corrected chi connectivity index (χ3v) is 1.71. The Kier molecular flexibility index (Phi) is 2.62. The van der Waals surface area contributed by atoms with Gasteiger partial charge in [-0.3, -0.25) is 15.0 Å². The third kappa shape index (κ3) is 2.23. The molecule has 0 bridgehead atoms. The number of pyridine rings is 1. The maximum atomic E-state index is 4.12. The highest BCUT2D eigenvalue weighted by molar-refractivity contribution is 5.66. The lowest BCUT2D eigenvalue weighted by Crippen LogP contribution is -1.80. The Morgan fingerprint density at radius 2 is 1.86 bits per heavy atom. The van der Waals surface area contributed by atoms with Gasteiger partial charge in [-0.05, 0) is 17.7 Å². The van der Waals surface area contributed by atoms with Crippen molar-refractivity contribution in [3.05, 3.63) is 54.4 Å². The predicted octanol–water partition coefficient (Wildman–Crippen LogP) is 2.04. The van der Waals surface area contributed by atoms with E-state index in [1.54, 1.807) is 31.0 Å². The number of hydrogen-bond donors (Lipinski definition) is 0. The van der Waals surface area contributed by atoms with Crippen molar-refractivity contribution in [3.8, 4) is 0 Å². The number of hydrogen-bond acceptors (Lipinski definition) is 3. The molecule has 14 heavy (non-hydrogen) atoms. The van der Waals surface area contributed by atoms with E-state index < -0.39 is 0 Å². The van der Waals surface area contributed by atoms with Gasteiger partial charge in [0.1, 0.15) is 0 Å². The molecule has 0 N–H and O–H groups in total. The molecule has 2 aromatic rings. The molecule has 68 valence electrons. The number of aromatic nitrogens is 3. The summed E-state index contributed by atoms with van der Waals surface area (Å²) in [4.78, 5) is 12.1. The summed E-state index contributed by atoms with van der Waals surface area (Å²) in [6, 6.07) is 3.89. The molecule has 3 nitrogen and oxygen atoms in total. The smallest absolute Gasteiger partial charge is 0.0813 e. The maximum Gasteiger partial charge on any atom is 0.0813 e. The third-order valence-electron chi connectivity index (χ3n) is 1.71. The van der Waals surface area contributed by atoms with Crippen molar-refractivity contribution in [2.75, 3.05) is 0 Å². The van der Waals surface area contributed by atoms with Crippen LogP contribution in [0, 0.1) is 0 Å². The highest BCUT2D eigenvalue weighted by Crippen LogP contribution is 2.02. The molecule has 0 aromatic carbocycles. The summed E-state index contributed by atoms with van der Waals surface area (Å²) in [7, 11) is 0. The zero-order valence-corrected chi connectivity index (χ0v) is 7.54. The van der Waals surface area contributed by atoms with Gasteiger partial charge in [0.15, 0.2) is 0 Å². The van der Waals surface area contributed by atoms with Crippen molar-refractivity contribution >= 4 is 12.2 Å². The van der Waals surface area contributed by atoms with Crippen LogP contribution in [0.3, 0.4) is 0 Å². The first kappa shape index (κ1) is 8.56. The van der Waals surface area contributed by atoms with E-state index in [1.807, 2.05) is 24.3 Å². The molecule has 0 atom stereocenters. The summed E-state index contributed by atoms with van der Waals surface area (Å²) in [6.07, 6.45) is 12.4. The fourth-order valence-electron chi connectivity index (χ4n) is 1.05. The average Bonchev–Trinajstić information content (AvgIpc) is 2.29. The molecule has 0 spiro atoms. The summed E-state index contributed by atoms with van der Waals surface area (Å²) in [5.41, 5.74) is 1.90. The van der Waals surface area contributed by atoms with Crippen LogP contribution in [0.4, 0.5) is 0 Å². The van der Waals surface area contributed by atoms with Crippen LogP contribution in [0.2, 0.25) is 0 Å². The number of nitrogens with zero attached hydrogens (tertiary/aromatic N) is 3. The molecule has 0 radical (unpaired) electrons. The standard InChI is InChI=1S/C11H9N3/c1-2-10(8-12-5-1)3-4-11-9-13-6-7-14-11/h1-9H. The molecule has 0 aliphatic rings. The van der Waals surface area contributed by atoms with Gasteiger partial charge in [0, 0.05) is 24.8 Å². The lowest BCUT2D eigenvalue weighted by molar-refractivity contribution is 1.18. The van der Waals surface area contributed by atoms with E-state index >= 15 is 0 Å². The summed E-state index contributed by atoms with van der Waals surface area (Å²) in [5.74, 6) is 0. The summed E-state index contributed by atoms with van der Waals surface area (Å²) >= 11 is 0. The Morgan fingerprint density at radius 1 is 0.929 bits per heavy atom. The van der Waals surface area contributed by atoms with Crippen molar-refractivity contribution in [1.82, 2.24) is 15.0 Å². The zero-order valence-electron chi connectivity index (χ0n) is 7.54. The van der Waals surface area contributed by atoms with Crippen LogP contribution in [-0.4, -0.2) is 15.0 Å². The zero-order chi connectivity index (χ0) is 9.64. The van der Waals surface area contributed by atoms with Crippen LogP contribution in [-0.2, 0) is 0 Å². The van der Waals surface area contributed by atoms with E-state index in [0.717, 1.165) is 11.3 Å². The quantitative estimate of drug-likeness (QED) is 0.715. The van der Waals surface area contributed by atoms with Crippen molar-refractivity contribution < 1.29 is 0 Å².